The molecule has 1 aliphatic heterocycles. The molecular formula is C30H34ClFN4O6S. The van der Waals surface area contributed by atoms with Crippen LogP contribution in [0.4, 0.5) is 10.1 Å². The SMILES string of the molecule is C[C@@H](C(=O)NCCN1CCOCC1)N(Cc1ccc(Cl)cc1)C(=O)COc1ccc(S(=O)(=O)Nc2ccc(F)cc2)cc1. The van der Waals surface area contributed by atoms with Gasteiger partial charge < -0.3 is 19.7 Å². The van der Waals surface area contributed by atoms with E-state index in [0.29, 0.717) is 31.3 Å². The van der Waals surface area contributed by atoms with Gasteiger partial charge in [0.05, 0.1) is 18.1 Å². The fourth-order valence-corrected chi connectivity index (χ4v) is 5.54. The number of amides is 2. The van der Waals surface area contributed by atoms with Crippen molar-refractivity contribution in [2.45, 2.75) is 24.4 Å². The van der Waals surface area contributed by atoms with E-state index >= 15 is 0 Å². The molecule has 13 heteroatoms. The maximum atomic E-state index is 13.3. The second-order valence-electron chi connectivity index (χ2n) is 9.94. The van der Waals surface area contributed by atoms with Crippen LogP contribution in [0.15, 0.2) is 77.7 Å². The number of nitrogens with zero attached hydrogens (tertiary/aromatic N) is 2. The summed E-state index contributed by atoms with van der Waals surface area (Å²) in [4.78, 5) is 30.0. The summed E-state index contributed by atoms with van der Waals surface area (Å²) in [6, 6.07) is 16.7. The van der Waals surface area contributed by atoms with Crippen LogP contribution in [0, 0.1) is 5.82 Å². The quantitative estimate of drug-likeness (QED) is 0.296. The third kappa shape index (κ3) is 9.65. The highest BCUT2D eigenvalue weighted by atomic mass is 35.5. The summed E-state index contributed by atoms with van der Waals surface area (Å²) < 4.78 is 51.9. The van der Waals surface area contributed by atoms with Crippen LogP contribution in [0.1, 0.15) is 12.5 Å². The molecule has 1 heterocycles. The molecule has 1 fully saturated rings. The summed E-state index contributed by atoms with van der Waals surface area (Å²) in [5.41, 5.74) is 1.00. The fourth-order valence-electron chi connectivity index (χ4n) is 4.35. The van der Waals surface area contributed by atoms with Crippen LogP contribution in [0.25, 0.3) is 0 Å². The van der Waals surface area contributed by atoms with Crippen molar-refractivity contribution in [1.82, 2.24) is 15.1 Å². The Balaban J connectivity index is 1.37. The number of anilines is 1. The molecule has 4 rings (SSSR count). The Morgan fingerprint density at radius 3 is 2.33 bits per heavy atom. The number of hydrogen-bond donors (Lipinski definition) is 2. The van der Waals surface area contributed by atoms with Crippen molar-refractivity contribution < 1.29 is 31.9 Å². The van der Waals surface area contributed by atoms with Crippen molar-refractivity contribution in [3.63, 3.8) is 0 Å². The highest BCUT2D eigenvalue weighted by molar-refractivity contribution is 7.92. The van der Waals surface area contributed by atoms with E-state index in [1.807, 2.05) is 0 Å². The monoisotopic (exact) mass is 632 g/mol. The molecule has 230 valence electrons. The van der Waals surface area contributed by atoms with Gasteiger partial charge in [-0.05, 0) is 73.2 Å². The Bertz CT molecular complexity index is 1470. The zero-order valence-corrected chi connectivity index (χ0v) is 25.2. The predicted molar refractivity (Wildman–Crippen MR) is 161 cm³/mol. The van der Waals surface area contributed by atoms with Crippen molar-refractivity contribution >= 4 is 39.1 Å². The van der Waals surface area contributed by atoms with Gasteiger partial charge in [0, 0.05) is 43.4 Å². The number of nitrogens with one attached hydrogen (secondary N) is 2. The Morgan fingerprint density at radius 1 is 1.02 bits per heavy atom. The maximum absolute atomic E-state index is 13.3. The Morgan fingerprint density at radius 2 is 1.67 bits per heavy atom. The number of carbonyl (C=O) groups excluding carboxylic acids is 2. The minimum atomic E-state index is -3.93. The van der Waals surface area contributed by atoms with Crippen LogP contribution in [0.2, 0.25) is 5.02 Å². The van der Waals surface area contributed by atoms with Crippen molar-refractivity contribution in [1.29, 1.82) is 0 Å². The molecule has 3 aromatic rings. The van der Waals surface area contributed by atoms with Gasteiger partial charge in [0.1, 0.15) is 17.6 Å². The van der Waals surface area contributed by atoms with Gasteiger partial charge in [0.25, 0.3) is 15.9 Å². The zero-order chi connectivity index (χ0) is 30.8. The first-order valence-corrected chi connectivity index (χ1v) is 15.6. The lowest BCUT2D eigenvalue weighted by atomic mass is 10.1. The van der Waals surface area contributed by atoms with Gasteiger partial charge in [0.2, 0.25) is 5.91 Å². The van der Waals surface area contributed by atoms with Gasteiger partial charge in [-0.3, -0.25) is 19.2 Å². The normalized spacial score (nSPS) is 14.5. The van der Waals surface area contributed by atoms with E-state index in [4.69, 9.17) is 21.1 Å². The number of morpholine rings is 1. The van der Waals surface area contributed by atoms with Crippen LogP contribution in [-0.4, -0.2) is 82.1 Å². The number of hydrogen-bond acceptors (Lipinski definition) is 7. The first kappa shape index (κ1) is 32.2. The average molecular weight is 633 g/mol. The van der Waals surface area contributed by atoms with E-state index in [1.165, 1.54) is 41.3 Å². The molecule has 2 amide bonds. The van der Waals surface area contributed by atoms with Crippen molar-refractivity contribution in [3.05, 3.63) is 89.2 Å². The zero-order valence-electron chi connectivity index (χ0n) is 23.7. The average Bonchev–Trinajstić information content (AvgIpc) is 3.01. The maximum Gasteiger partial charge on any atom is 0.261 e. The van der Waals surface area contributed by atoms with Crippen LogP contribution in [0.3, 0.4) is 0 Å². The summed E-state index contributed by atoms with van der Waals surface area (Å²) in [7, 11) is -3.93. The molecule has 1 aliphatic rings. The fraction of sp³-hybridized carbons (Fsp3) is 0.333. The number of benzene rings is 3. The lowest BCUT2D eigenvalue weighted by molar-refractivity contribution is -0.142. The molecule has 0 radical (unpaired) electrons. The molecule has 10 nitrogen and oxygen atoms in total. The minimum absolute atomic E-state index is 0.0396. The van der Waals surface area contributed by atoms with Crippen molar-refractivity contribution in [2.75, 3.05) is 50.7 Å². The molecule has 0 aromatic heterocycles. The van der Waals surface area contributed by atoms with E-state index in [2.05, 4.69) is 14.9 Å². The highest BCUT2D eigenvalue weighted by Gasteiger charge is 2.27. The van der Waals surface area contributed by atoms with Crippen molar-refractivity contribution in [2.24, 2.45) is 0 Å². The van der Waals surface area contributed by atoms with E-state index in [0.717, 1.165) is 30.8 Å². The largest absolute Gasteiger partial charge is 0.484 e. The summed E-state index contributed by atoms with van der Waals surface area (Å²) >= 11 is 6.02. The van der Waals surface area contributed by atoms with Crippen LogP contribution in [-0.2, 0) is 30.9 Å². The van der Waals surface area contributed by atoms with Gasteiger partial charge in [-0.1, -0.05) is 23.7 Å². The van der Waals surface area contributed by atoms with Gasteiger partial charge in [-0.15, -0.1) is 0 Å². The first-order valence-electron chi connectivity index (χ1n) is 13.7. The molecule has 0 spiro atoms. The van der Waals surface area contributed by atoms with E-state index in [-0.39, 0.29) is 35.4 Å². The first-order chi connectivity index (χ1) is 20.6. The lowest BCUT2D eigenvalue weighted by Crippen LogP contribution is -2.50. The predicted octanol–water partition coefficient (Wildman–Crippen LogP) is 3.52. The van der Waals surface area contributed by atoms with Crippen molar-refractivity contribution in [3.8, 4) is 5.75 Å². The molecule has 0 unspecified atom stereocenters. The molecule has 2 N–H and O–H groups in total. The molecule has 1 saturated heterocycles. The molecule has 43 heavy (non-hydrogen) atoms. The third-order valence-corrected chi connectivity index (χ3v) is 8.51. The third-order valence-electron chi connectivity index (χ3n) is 6.86. The van der Waals surface area contributed by atoms with Crippen LogP contribution >= 0.6 is 11.6 Å². The molecule has 1 atom stereocenters. The topological polar surface area (TPSA) is 117 Å². The molecule has 0 saturated carbocycles. The molecule has 0 aliphatic carbocycles. The number of halogens is 2. The number of ether oxygens (including phenoxy) is 2. The number of sulfonamides is 1. The van der Waals surface area contributed by atoms with Gasteiger partial charge >= 0.3 is 0 Å². The second kappa shape index (κ2) is 15.1. The van der Waals surface area contributed by atoms with Gasteiger partial charge in [-0.25, -0.2) is 12.8 Å². The van der Waals surface area contributed by atoms with Crippen LogP contribution < -0.4 is 14.8 Å². The lowest BCUT2D eigenvalue weighted by Gasteiger charge is -2.30. The van der Waals surface area contributed by atoms with Crippen LogP contribution in [0.5, 0.6) is 5.75 Å². The second-order valence-corrected chi connectivity index (χ2v) is 12.1. The summed E-state index contributed by atoms with van der Waals surface area (Å²) in [6.07, 6.45) is 0. The Labute approximate surface area is 255 Å². The molecular weight excluding hydrogens is 599 g/mol. The highest BCUT2D eigenvalue weighted by Crippen LogP contribution is 2.20. The smallest absolute Gasteiger partial charge is 0.261 e. The number of rotatable bonds is 13. The summed E-state index contributed by atoms with van der Waals surface area (Å²) in [6.45, 7) is 5.50. The summed E-state index contributed by atoms with van der Waals surface area (Å²) in [5, 5.41) is 3.47. The number of carbonyl (C=O) groups is 2. The van der Waals surface area contributed by atoms with E-state index in [1.54, 1.807) is 31.2 Å². The minimum Gasteiger partial charge on any atom is -0.484 e. The standard InChI is InChI=1S/C30H34ClFN4O6S/c1-22(30(38)33-14-15-35-16-18-41-19-17-35)36(20-23-2-4-24(31)5-3-23)29(37)21-42-27-10-12-28(13-11-27)43(39,40)34-26-8-6-25(32)7-9-26/h2-13,22,34H,14-21H2,1H3,(H,33,38)/t22-/m0/s1. The molecule has 0 bridgehead atoms. The van der Waals surface area contributed by atoms with Gasteiger partial charge in [-0.2, -0.15) is 0 Å². The van der Waals surface area contributed by atoms with Gasteiger partial charge in [0.15, 0.2) is 6.61 Å². The van der Waals surface area contributed by atoms with E-state index < -0.39 is 27.8 Å². The molecule has 3 aromatic carbocycles. The Hall–Kier alpha value is -3.71. The van der Waals surface area contributed by atoms with E-state index in [9.17, 15) is 22.4 Å². The summed E-state index contributed by atoms with van der Waals surface area (Å²) in [5.74, 6) is -0.938. The Kier molecular flexibility index (Phi) is 11.3.